The second-order valence-electron chi connectivity index (χ2n) is 7.47. The van der Waals surface area contributed by atoms with Gasteiger partial charge < -0.3 is 62.9 Å². The van der Waals surface area contributed by atoms with Gasteiger partial charge in [-0.2, -0.15) is 0 Å². The monoisotopic (exact) mass is 573 g/mol. The van der Waals surface area contributed by atoms with Crippen molar-refractivity contribution in [3.63, 3.8) is 0 Å². The molecule has 1 amide bonds. The number of aliphatic carboxylic acids is 1. The minimum absolute atomic E-state index is 0.0165. The SMILES string of the molecule is O=C(O)COCC(=O)NCCOCCOCCOCCOCCOCCOCCOCCOCCOCCO. The lowest BCUT2D eigenvalue weighted by molar-refractivity contribution is -0.143. The Morgan fingerprint density at radius 2 is 0.744 bits per heavy atom. The van der Waals surface area contributed by atoms with E-state index in [2.05, 4.69) is 10.1 Å². The van der Waals surface area contributed by atoms with E-state index in [-0.39, 0.29) is 13.2 Å². The van der Waals surface area contributed by atoms with Gasteiger partial charge in [-0.15, -0.1) is 0 Å². The summed E-state index contributed by atoms with van der Waals surface area (Å²) in [6.07, 6.45) is 0. The molecule has 0 rings (SSSR count). The van der Waals surface area contributed by atoms with Crippen LogP contribution in [0.25, 0.3) is 0 Å². The zero-order chi connectivity index (χ0) is 28.5. The molecule has 0 aliphatic rings. The smallest absolute Gasteiger partial charge is 0.329 e. The number of hydrogen-bond acceptors (Lipinski definition) is 13. The first kappa shape index (κ1) is 37.5. The number of carboxylic acids is 1. The van der Waals surface area contributed by atoms with Crippen molar-refractivity contribution in [1.82, 2.24) is 5.32 Å². The van der Waals surface area contributed by atoms with Crippen LogP contribution in [0.1, 0.15) is 0 Å². The van der Waals surface area contributed by atoms with Gasteiger partial charge >= 0.3 is 5.97 Å². The molecule has 3 N–H and O–H groups in total. The van der Waals surface area contributed by atoms with Crippen LogP contribution < -0.4 is 5.32 Å². The van der Waals surface area contributed by atoms with Crippen molar-refractivity contribution in [1.29, 1.82) is 0 Å². The van der Waals surface area contributed by atoms with E-state index in [0.29, 0.717) is 125 Å². The molecule has 15 heteroatoms. The van der Waals surface area contributed by atoms with Crippen LogP contribution >= 0.6 is 0 Å². The van der Waals surface area contributed by atoms with Crippen LogP contribution in [0, 0.1) is 0 Å². The summed E-state index contributed by atoms with van der Waals surface area (Å²) < 4.78 is 52.7. The molecule has 0 saturated carbocycles. The van der Waals surface area contributed by atoms with Gasteiger partial charge in [-0.3, -0.25) is 4.79 Å². The van der Waals surface area contributed by atoms with Gasteiger partial charge in [-0.25, -0.2) is 4.79 Å². The van der Waals surface area contributed by atoms with Crippen molar-refractivity contribution in [3.05, 3.63) is 0 Å². The highest BCUT2D eigenvalue weighted by Crippen LogP contribution is 1.86. The van der Waals surface area contributed by atoms with Crippen LogP contribution in [-0.2, 0) is 57.0 Å². The van der Waals surface area contributed by atoms with Gasteiger partial charge in [0.05, 0.1) is 126 Å². The summed E-state index contributed by atoms with van der Waals surface area (Å²) >= 11 is 0. The van der Waals surface area contributed by atoms with Crippen LogP contribution in [0.4, 0.5) is 0 Å². The first-order chi connectivity index (χ1) is 19.2. The number of hydrogen-bond donors (Lipinski definition) is 3. The van der Waals surface area contributed by atoms with Gasteiger partial charge in [0.15, 0.2) is 0 Å². The van der Waals surface area contributed by atoms with Crippen LogP contribution in [0.3, 0.4) is 0 Å². The highest BCUT2D eigenvalue weighted by Gasteiger charge is 2.03. The Labute approximate surface area is 230 Å². The van der Waals surface area contributed by atoms with E-state index < -0.39 is 18.5 Å². The summed E-state index contributed by atoms with van der Waals surface area (Å²) in [7, 11) is 0. The molecule has 39 heavy (non-hydrogen) atoms. The van der Waals surface area contributed by atoms with Gasteiger partial charge in [0.25, 0.3) is 0 Å². The number of rotatable bonds is 33. The van der Waals surface area contributed by atoms with Crippen molar-refractivity contribution < 1.29 is 67.2 Å². The standard InChI is InChI=1S/C24H47NO14/c26-2-4-31-6-8-33-10-12-35-14-16-37-18-20-38-19-17-36-15-13-34-11-9-32-7-5-30-3-1-25-23(27)21-39-22-24(28)29/h26H,1-22H2,(H,25,27)(H,28,29). The largest absolute Gasteiger partial charge is 0.480 e. The number of ether oxygens (including phenoxy) is 10. The number of amides is 1. The number of aliphatic hydroxyl groups excluding tert-OH is 1. The third-order valence-electron chi connectivity index (χ3n) is 4.24. The minimum atomic E-state index is -1.12. The molecule has 0 aromatic rings. The maximum atomic E-state index is 11.3. The maximum Gasteiger partial charge on any atom is 0.329 e. The van der Waals surface area contributed by atoms with E-state index >= 15 is 0 Å². The first-order valence-corrected chi connectivity index (χ1v) is 13.0. The normalized spacial score (nSPS) is 11.2. The first-order valence-electron chi connectivity index (χ1n) is 13.0. The van der Waals surface area contributed by atoms with Crippen LogP contribution in [-0.4, -0.2) is 167 Å². The summed E-state index contributed by atoms with van der Waals surface area (Å²) in [5.74, 6) is -1.52. The Balaban J connectivity index is 3.08. The zero-order valence-electron chi connectivity index (χ0n) is 22.8. The number of carboxylic acid groups (broad SMARTS) is 1. The highest BCUT2D eigenvalue weighted by atomic mass is 16.6. The van der Waals surface area contributed by atoms with Crippen LogP contribution in [0.2, 0.25) is 0 Å². The molecule has 0 heterocycles. The van der Waals surface area contributed by atoms with E-state index in [0.717, 1.165) is 0 Å². The Morgan fingerprint density at radius 1 is 0.436 bits per heavy atom. The molecule has 15 nitrogen and oxygen atoms in total. The Kier molecular flexibility index (Phi) is 31.5. The summed E-state index contributed by atoms with van der Waals surface area (Å²) in [6, 6.07) is 0. The molecule has 0 aromatic carbocycles. The molecule has 0 radical (unpaired) electrons. The Hall–Kier alpha value is -1.50. The summed E-state index contributed by atoms with van der Waals surface area (Å²) in [5.41, 5.74) is 0. The molecule has 0 aliphatic carbocycles. The van der Waals surface area contributed by atoms with E-state index in [9.17, 15) is 9.59 Å². The van der Waals surface area contributed by atoms with Crippen molar-refractivity contribution in [3.8, 4) is 0 Å². The van der Waals surface area contributed by atoms with Gasteiger partial charge in [0.1, 0.15) is 13.2 Å². The molecule has 0 saturated heterocycles. The lowest BCUT2D eigenvalue weighted by Gasteiger charge is -2.09. The fraction of sp³-hybridized carbons (Fsp3) is 0.917. The average molecular weight is 574 g/mol. The molecule has 232 valence electrons. The third-order valence-corrected chi connectivity index (χ3v) is 4.24. The molecular weight excluding hydrogens is 526 g/mol. The number of carbonyl (C=O) groups is 2. The predicted molar refractivity (Wildman–Crippen MR) is 136 cm³/mol. The second-order valence-corrected chi connectivity index (χ2v) is 7.47. The minimum Gasteiger partial charge on any atom is -0.480 e. The van der Waals surface area contributed by atoms with E-state index in [1.807, 2.05) is 0 Å². The van der Waals surface area contributed by atoms with E-state index in [1.54, 1.807) is 0 Å². The van der Waals surface area contributed by atoms with Crippen LogP contribution in [0.5, 0.6) is 0 Å². The van der Waals surface area contributed by atoms with Gasteiger partial charge in [0.2, 0.25) is 5.91 Å². The molecule has 0 aromatic heterocycles. The van der Waals surface area contributed by atoms with Crippen molar-refractivity contribution >= 4 is 11.9 Å². The topological polar surface area (TPSA) is 179 Å². The fourth-order valence-electron chi connectivity index (χ4n) is 2.47. The Bertz CT molecular complexity index is 529. The van der Waals surface area contributed by atoms with Crippen LogP contribution in [0.15, 0.2) is 0 Å². The van der Waals surface area contributed by atoms with Crippen molar-refractivity contribution in [2.45, 2.75) is 0 Å². The van der Waals surface area contributed by atoms with E-state index in [4.69, 9.17) is 52.8 Å². The predicted octanol–water partition coefficient (Wildman–Crippen LogP) is -1.65. The lowest BCUT2D eigenvalue weighted by Crippen LogP contribution is -2.31. The molecule has 0 atom stereocenters. The summed E-state index contributed by atoms with van der Waals surface area (Å²) in [6.45, 7) is 7.56. The van der Waals surface area contributed by atoms with Gasteiger partial charge in [-0.05, 0) is 0 Å². The zero-order valence-corrected chi connectivity index (χ0v) is 22.8. The quantitative estimate of drug-likeness (QED) is 0.0760. The fourth-order valence-corrected chi connectivity index (χ4v) is 2.47. The Morgan fingerprint density at radius 3 is 1.05 bits per heavy atom. The summed E-state index contributed by atoms with van der Waals surface area (Å²) in [4.78, 5) is 21.6. The number of carbonyl (C=O) groups excluding carboxylic acids is 1. The van der Waals surface area contributed by atoms with Gasteiger partial charge in [-0.1, -0.05) is 0 Å². The van der Waals surface area contributed by atoms with Crippen molar-refractivity contribution in [2.24, 2.45) is 0 Å². The second kappa shape index (κ2) is 32.7. The molecule has 0 spiro atoms. The number of aliphatic hydroxyl groups is 1. The molecule has 0 fully saturated rings. The molecular formula is C24H47NO14. The van der Waals surface area contributed by atoms with Crippen molar-refractivity contribution in [2.75, 3.05) is 145 Å². The molecule has 0 aliphatic heterocycles. The summed E-state index contributed by atoms with van der Waals surface area (Å²) in [5, 5.41) is 19.5. The highest BCUT2D eigenvalue weighted by molar-refractivity contribution is 5.77. The van der Waals surface area contributed by atoms with Gasteiger partial charge in [0, 0.05) is 6.54 Å². The number of nitrogens with one attached hydrogen (secondary N) is 1. The lowest BCUT2D eigenvalue weighted by atomic mass is 10.6. The third kappa shape index (κ3) is 34.5. The average Bonchev–Trinajstić information content (AvgIpc) is 2.92. The van der Waals surface area contributed by atoms with E-state index in [1.165, 1.54) is 0 Å². The molecule has 0 unspecified atom stereocenters. The maximum absolute atomic E-state index is 11.3. The molecule has 0 bridgehead atoms.